The molecule has 0 aliphatic heterocycles. The Labute approximate surface area is 150 Å². The van der Waals surface area contributed by atoms with Gasteiger partial charge in [0.05, 0.1) is 0 Å². The van der Waals surface area contributed by atoms with Crippen LogP contribution in [0.25, 0.3) is 0 Å². The molecule has 0 aliphatic carbocycles. The van der Waals surface area contributed by atoms with E-state index in [1.54, 1.807) is 0 Å². The summed E-state index contributed by atoms with van der Waals surface area (Å²) in [5, 5.41) is 22.3. The highest BCUT2D eigenvalue weighted by atomic mass is 32.1. The zero-order valence-electron chi connectivity index (χ0n) is 13.0. The molecule has 0 aromatic heterocycles. The molecule has 2 amide bonds. The Morgan fingerprint density at radius 2 is 1.58 bits per heavy atom. The van der Waals surface area contributed by atoms with Crippen molar-refractivity contribution in [3.05, 3.63) is 0 Å². The SMILES string of the molecule is NC(CCCC(=O)N[C@@H](CCS)C(=O)N[C@H](CS)C(=O)O)C(=O)O. The molecule has 6 N–H and O–H groups in total. The number of hydrogen-bond donors (Lipinski definition) is 7. The first-order valence-corrected chi connectivity index (χ1v) is 8.52. The van der Waals surface area contributed by atoms with E-state index in [4.69, 9.17) is 15.9 Å². The highest BCUT2D eigenvalue weighted by Gasteiger charge is 2.25. The number of rotatable bonds is 12. The predicted octanol–water partition coefficient (Wildman–Crippen LogP) is -1.13. The first-order chi connectivity index (χ1) is 11.2. The van der Waals surface area contributed by atoms with Crippen molar-refractivity contribution >= 4 is 49.0 Å². The van der Waals surface area contributed by atoms with Crippen LogP contribution in [0.1, 0.15) is 25.7 Å². The summed E-state index contributed by atoms with van der Waals surface area (Å²) in [6.45, 7) is 0. The Morgan fingerprint density at radius 3 is 2.04 bits per heavy atom. The smallest absolute Gasteiger partial charge is 0.327 e. The van der Waals surface area contributed by atoms with Crippen LogP contribution < -0.4 is 16.4 Å². The van der Waals surface area contributed by atoms with Gasteiger partial charge >= 0.3 is 11.9 Å². The van der Waals surface area contributed by atoms with E-state index in [0.717, 1.165) is 0 Å². The Morgan fingerprint density at radius 1 is 0.958 bits per heavy atom. The molecule has 3 atom stereocenters. The molecule has 0 aromatic rings. The Kier molecular flexibility index (Phi) is 11.3. The summed E-state index contributed by atoms with van der Waals surface area (Å²) in [4.78, 5) is 45.4. The molecule has 0 bridgehead atoms. The van der Waals surface area contributed by atoms with E-state index in [1.165, 1.54) is 0 Å². The van der Waals surface area contributed by atoms with Gasteiger partial charge in [0.25, 0.3) is 0 Å². The van der Waals surface area contributed by atoms with Crippen LogP contribution in [-0.4, -0.2) is 63.6 Å². The van der Waals surface area contributed by atoms with Crippen molar-refractivity contribution in [2.75, 3.05) is 11.5 Å². The van der Waals surface area contributed by atoms with Crippen molar-refractivity contribution in [2.45, 2.75) is 43.8 Å². The summed E-state index contributed by atoms with van der Waals surface area (Å²) in [5.41, 5.74) is 5.33. The standard InChI is InChI=1S/C13H23N3O6S2/c14-7(12(19)20)2-1-3-10(17)15-8(4-5-23)11(18)16-9(6-24)13(21)22/h7-9,23-24H,1-6,14H2,(H,15,17)(H,16,18)(H,19,20)(H,21,22)/t7?,8-,9+/m0/s1. The maximum Gasteiger partial charge on any atom is 0.327 e. The second-order valence-electron chi connectivity index (χ2n) is 5.05. The van der Waals surface area contributed by atoms with Crippen LogP contribution in [-0.2, 0) is 19.2 Å². The maximum absolute atomic E-state index is 12.1. The lowest BCUT2D eigenvalue weighted by Gasteiger charge is -2.20. The van der Waals surface area contributed by atoms with Crippen LogP contribution in [0, 0.1) is 0 Å². The van der Waals surface area contributed by atoms with Gasteiger partial charge in [-0.1, -0.05) is 0 Å². The van der Waals surface area contributed by atoms with Gasteiger partial charge in [-0.25, -0.2) is 4.79 Å². The first kappa shape index (κ1) is 22.5. The fourth-order valence-electron chi connectivity index (χ4n) is 1.73. The number of nitrogens with two attached hydrogens (primary N) is 1. The second kappa shape index (κ2) is 12.0. The topological polar surface area (TPSA) is 159 Å². The first-order valence-electron chi connectivity index (χ1n) is 7.25. The molecule has 138 valence electrons. The molecule has 0 aromatic carbocycles. The van der Waals surface area contributed by atoms with Gasteiger partial charge in [0.15, 0.2) is 0 Å². The third-order valence-corrected chi connectivity index (χ3v) is 3.73. The lowest BCUT2D eigenvalue weighted by molar-refractivity contribution is -0.141. The number of nitrogens with one attached hydrogen (secondary N) is 2. The summed E-state index contributed by atoms with van der Waals surface area (Å²) in [6.07, 6.45) is 0.607. The van der Waals surface area contributed by atoms with Crippen molar-refractivity contribution in [1.82, 2.24) is 10.6 Å². The van der Waals surface area contributed by atoms with Crippen LogP contribution in [0.2, 0.25) is 0 Å². The summed E-state index contributed by atoms with van der Waals surface area (Å²) in [7, 11) is 0. The minimum atomic E-state index is -1.23. The number of carboxylic acid groups (broad SMARTS) is 2. The number of carbonyl (C=O) groups excluding carboxylic acids is 2. The Hall–Kier alpha value is -1.46. The molecule has 0 saturated heterocycles. The number of amides is 2. The Bertz CT molecular complexity index is 463. The molecule has 0 aliphatic rings. The summed E-state index contributed by atoms with van der Waals surface area (Å²) >= 11 is 7.85. The van der Waals surface area contributed by atoms with Crippen LogP contribution in [0.15, 0.2) is 0 Å². The molecule has 0 spiro atoms. The third-order valence-electron chi connectivity index (χ3n) is 3.10. The quantitative estimate of drug-likeness (QED) is 0.211. The summed E-state index contributed by atoms with van der Waals surface area (Å²) in [5.74, 6) is -3.24. The van der Waals surface area contributed by atoms with Crippen molar-refractivity contribution < 1.29 is 29.4 Å². The van der Waals surface area contributed by atoms with E-state index in [1.807, 2.05) is 0 Å². The molecule has 9 nitrogen and oxygen atoms in total. The molecular formula is C13H23N3O6S2. The zero-order valence-corrected chi connectivity index (χ0v) is 14.8. The number of carbonyl (C=O) groups is 4. The van der Waals surface area contributed by atoms with Crippen LogP contribution in [0.3, 0.4) is 0 Å². The number of carboxylic acids is 2. The molecule has 0 rings (SSSR count). The fraction of sp³-hybridized carbons (Fsp3) is 0.692. The molecule has 0 fully saturated rings. The van der Waals surface area contributed by atoms with Crippen molar-refractivity contribution in [3.8, 4) is 0 Å². The lowest BCUT2D eigenvalue weighted by atomic mass is 10.1. The van der Waals surface area contributed by atoms with Gasteiger partial charge in [0, 0.05) is 12.2 Å². The molecule has 0 heterocycles. The highest BCUT2D eigenvalue weighted by Crippen LogP contribution is 2.02. The predicted molar refractivity (Wildman–Crippen MR) is 93.3 cm³/mol. The molecule has 1 unspecified atom stereocenters. The van der Waals surface area contributed by atoms with Crippen molar-refractivity contribution in [1.29, 1.82) is 0 Å². The number of thiol groups is 2. The van der Waals surface area contributed by atoms with Gasteiger partial charge in [-0.2, -0.15) is 25.3 Å². The summed E-state index contributed by atoms with van der Waals surface area (Å²) in [6, 6.07) is -3.13. The average molecular weight is 381 g/mol. The van der Waals surface area contributed by atoms with Gasteiger partial charge in [-0.05, 0) is 25.0 Å². The van der Waals surface area contributed by atoms with Gasteiger partial charge < -0.3 is 26.6 Å². The second-order valence-corrected chi connectivity index (χ2v) is 5.86. The molecule has 0 saturated carbocycles. The minimum absolute atomic E-state index is 0.00621. The van der Waals surface area contributed by atoms with E-state index in [2.05, 4.69) is 35.9 Å². The molecule has 11 heteroatoms. The van der Waals surface area contributed by atoms with E-state index in [0.29, 0.717) is 5.75 Å². The van der Waals surface area contributed by atoms with Crippen LogP contribution >= 0.6 is 25.3 Å². The van der Waals surface area contributed by atoms with Crippen molar-refractivity contribution in [2.24, 2.45) is 5.73 Å². The normalized spacial score (nSPS) is 14.3. The van der Waals surface area contributed by atoms with Gasteiger partial charge in [-0.15, -0.1) is 0 Å². The Balaban J connectivity index is 4.49. The average Bonchev–Trinajstić information content (AvgIpc) is 2.51. The largest absolute Gasteiger partial charge is 0.480 e. The molecular weight excluding hydrogens is 358 g/mol. The zero-order chi connectivity index (χ0) is 18.7. The minimum Gasteiger partial charge on any atom is -0.480 e. The highest BCUT2D eigenvalue weighted by molar-refractivity contribution is 7.80. The summed E-state index contributed by atoms with van der Waals surface area (Å²) < 4.78 is 0. The molecule has 24 heavy (non-hydrogen) atoms. The monoisotopic (exact) mass is 381 g/mol. The number of aliphatic carboxylic acids is 2. The fourth-order valence-corrected chi connectivity index (χ4v) is 2.23. The van der Waals surface area contributed by atoms with Crippen LogP contribution in [0.5, 0.6) is 0 Å². The van der Waals surface area contributed by atoms with E-state index >= 15 is 0 Å². The lowest BCUT2D eigenvalue weighted by Crippen LogP contribution is -2.52. The third kappa shape index (κ3) is 8.99. The molecule has 0 radical (unpaired) electrons. The number of hydrogen-bond acceptors (Lipinski definition) is 7. The maximum atomic E-state index is 12.1. The van der Waals surface area contributed by atoms with Gasteiger partial charge in [0.1, 0.15) is 18.1 Å². The van der Waals surface area contributed by atoms with E-state index in [9.17, 15) is 19.2 Å². The van der Waals surface area contributed by atoms with Gasteiger partial charge in [-0.3, -0.25) is 14.4 Å². The van der Waals surface area contributed by atoms with Gasteiger partial charge in [0.2, 0.25) is 11.8 Å². The van der Waals surface area contributed by atoms with Crippen LogP contribution in [0.4, 0.5) is 0 Å². The van der Waals surface area contributed by atoms with Crippen molar-refractivity contribution in [3.63, 3.8) is 0 Å². The van der Waals surface area contributed by atoms with E-state index < -0.39 is 41.9 Å². The van der Waals surface area contributed by atoms with E-state index in [-0.39, 0.29) is 31.4 Å².